The number of halogens is 1. The van der Waals surface area contributed by atoms with Gasteiger partial charge in [0.2, 0.25) is 0 Å². The van der Waals surface area contributed by atoms with Gasteiger partial charge in [-0.15, -0.1) is 0 Å². The zero-order valence-corrected chi connectivity index (χ0v) is 11.7. The molecule has 3 heteroatoms. The second-order valence-electron chi connectivity index (χ2n) is 5.43. The topological polar surface area (TPSA) is 24.7 Å². The SMILES string of the molecule is CC(C)CC(C)N=NC(C)(Cl)CC(C)C. The molecule has 0 saturated heterocycles. The Hall–Kier alpha value is -0.110. The molecule has 0 aromatic rings. The fourth-order valence-electron chi connectivity index (χ4n) is 1.73. The van der Waals surface area contributed by atoms with Crippen molar-refractivity contribution in [1.29, 1.82) is 0 Å². The summed E-state index contributed by atoms with van der Waals surface area (Å²) in [6.45, 7) is 12.7. The van der Waals surface area contributed by atoms with E-state index >= 15 is 0 Å². The third kappa shape index (κ3) is 8.86. The van der Waals surface area contributed by atoms with Gasteiger partial charge in [-0.1, -0.05) is 39.3 Å². The van der Waals surface area contributed by atoms with Crippen molar-refractivity contribution in [2.24, 2.45) is 22.1 Å². The molecule has 0 fully saturated rings. The molecule has 0 radical (unpaired) electrons. The quantitative estimate of drug-likeness (QED) is 0.355. The highest BCUT2D eigenvalue weighted by molar-refractivity contribution is 6.23. The molecule has 0 N–H and O–H groups in total. The first-order valence-corrected chi connectivity index (χ1v) is 6.21. The second-order valence-corrected chi connectivity index (χ2v) is 6.25. The molecule has 2 nitrogen and oxygen atoms in total. The van der Waals surface area contributed by atoms with Gasteiger partial charge in [0.15, 0.2) is 5.00 Å². The van der Waals surface area contributed by atoms with Gasteiger partial charge < -0.3 is 0 Å². The van der Waals surface area contributed by atoms with Gasteiger partial charge in [0.1, 0.15) is 0 Å². The maximum atomic E-state index is 6.25. The van der Waals surface area contributed by atoms with Crippen LogP contribution in [0.25, 0.3) is 0 Å². The first kappa shape index (κ1) is 14.9. The van der Waals surface area contributed by atoms with Gasteiger partial charge in [-0.2, -0.15) is 10.2 Å². The number of rotatable bonds is 6. The van der Waals surface area contributed by atoms with E-state index in [9.17, 15) is 0 Å². The van der Waals surface area contributed by atoms with Crippen LogP contribution in [0.4, 0.5) is 0 Å². The minimum atomic E-state index is -0.528. The normalized spacial score (nSPS) is 18.7. The molecule has 0 spiro atoms. The van der Waals surface area contributed by atoms with Crippen molar-refractivity contribution < 1.29 is 0 Å². The fourth-order valence-corrected chi connectivity index (χ4v) is 2.09. The van der Waals surface area contributed by atoms with Crippen molar-refractivity contribution in [3.05, 3.63) is 0 Å². The number of hydrogen-bond donors (Lipinski definition) is 0. The van der Waals surface area contributed by atoms with Gasteiger partial charge in [0.25, 0.3) is 0 Å². The molecule has 2 atom stereocenters. The number of alkyl halides is 1. The molecule has 0 aliphatic heterocycles. The van der Waals surface area contributed by atoms with Crippen LogP contribution < -0.4 is 0 Å². The Labute approximate surface area is 99.5 Å². The molecule has 0 saturated carbocycles. The largest absolute Gasteiger partial charge is 0.189 e. The highest BCUT2D eigenvalue weighted by Crippen LogP contribution is 2.26. The van der Waals surface area contributed by atoms with E-state index in [1.54, 1.807) is 0 Å². The zero-order chi connectivity index (χ0) is 12.1. The van der Waals surface area contributed by atoms with Gasteiger partial charge in [-0.25, -0.2) is 0 Å². The van der Waals surface area contributed by atoms with E-state index in [2.05, 4.69) is 44.8 Å². The predicted molar refractivity (Wildman–Crippen MR) is 67.5 cm³/mol. The molecule has 2 unspecified atom stereocenters. The summed E-state index contributed by atoms with van der Waals surface area (Å²) in [4.78, 5) is -0.528. The molecular formula is C12H25ClN2. The smallest absolute Gasteiger partial charge is 0.152 e. The van der Waals surface area contributed by atoms with E-state index in [0.717, 1.165) is 12.8 Å². The Kier molecular flexibility index (Phi) is 6.42. The highest BCUT2D eigenvalue weighted by atomic mass is 35.5. The predicted octanol–water partition coefficient (Wildman–Crippen LogP) is 4.87. The molecular weight excluding hydrogens is 208 g/mol. The van der Waals surface area contributed by atoms with Crippen molar-refractivity contribution in [1.82, 2.24) is 0 Å². The molecule has 0 amide bonds. The first-order chi connectivity index (χ1) is 6.73. The van der Waals surface area contributed by atoms with E-state index in [1.807, 2.05) is 6.92 Å². The lowest BCUT2D eigenvalue weighted by molar-refractivity contribution is 0.439. The van der Waals surface area contributed by atoms with Crippen LogP contribution in [-0.2, 0) is 0 Å². The second kappa shape index (κ2) is 6.47. The maximum Gasteiger partial charge on any atom is 0.152 e. The molecule has 0 rings (SSSR count). The summed E-state index contributed by atoms with van der Waals surface area (Å²) in [7, 11) is 0. The first-order valence-electron chi connectivity index (χ1n) is 5.84. The maximum absolute atomic E-state index is 6.25. The van der Waals surface area contributed by atoms with E-state index in [0.29, 0.717) is 11.8 Å². The van der Waals surface area contributed by atoms with Crippen molar-refractivity contribution in [3.63, 3.8) is 0 Å². The Morgan fingerprint density at radius 3 is 2.00 bits per heavy atom. The lowest BCUT2D eigenvalue weighted by atomic mass is 10.1. The number of azo groups is 1. The standard InChI is InChI=1S/C12H25ClN2/c1-9(2)7-11(5)14-15-12(6,13)8-10(3)4/h9-11H,7-8H2,1-6H3. The third-order valence-corrected chi connectivity index (χ3v) is 2.29. The van der Waals surface area contributed by atoms with Crippen LogP contribution in [0.2, 0.25) is 0 Å². The summed E-state index contributed by atoms with van der Waals surface area (Å²) in [5.41, 5.74) is 0. The van der Waals surface area contributed by atoms with Crippen molar-refractivity contribution in [3.8, 4) is 0 Å². The van der Waals surface area contributed by atoms with Crippen LogP contribution in [0.5, 0.6) is 0 Å². The summed E-state index contributed by atoms with van der Waals surface area (Å²) in [6, 6.07) is 0.273. The molecule has 0 aromatic heterocycles. The highest BCUT2D eigenvalue weighted by Gasteiger charge is 2.21. The van der Waals surface area contributed by atoms with E-state index < -0.39 is 5.00 Å². The Balaban J connectivity index is 4.12. The minimum absolute atomic E-state index is 0.273. The van der Waals surface area contributed by atoms with Gasteiger partial charge in [-0.3, -0.25) is 0 Å². The van der Waals surface area contributed by atoms with Crippen LogP contribution in [-0.4, -0.2) is 11.0 Å². The van der Waals surface area contributed by atoms with Gasteiger partial charge in [-0.05, 0) is 38.5 Å². The van der Waals surface area contributed by atoms with Gasteiger partial charge >= 0.3 is 0 Å². The molecule has 0 aliphatic carbocycles. The molecule has 0 aliphatic rings. The zero-order valence-electron chi connectivity index (χ0n) is 10.9. The van der Waals surface area contributed by atoms with E-state index in [-0.39, 0.29) is 6.04 Å². The van der Waals surface area contributed by atoms with E-state index in [1.165, 1.54) is 0 Å². The van der Waals surface area contributed by atoms with Crippen LogP contribution >= 0.6 is 11.6 Å². The summed E-state index contributed by atoms with van der Waals surface area (Å²) in [6.07, 6.45) is 1.94. The van der Waals surface area contributed by atoms with Crippen LogP contribution in [0.3, 0.4) is 0 Å². The van der Waals surface area contributed by atoms with Crippen LogP contribution in [0.1, 0.15) is 54.4 Å². The lowest BCUT2D eigenvalue weighted by Crippen LogP contribution is -2.16. The molecule has 0 bridgehead atoms. The Morgan fingerprint density at radius 1 is 1.07 bits per heavy atom. The summed E-state index contributed by atoms with van der Waals surface area (Å²) < 4.78 is 0. The molecule has 15 heavy (non-hydrogen) atoms. The Bertz CT molecular complexity index is 198. The van der Waals surface area contributed by atoms with Crippen molar-refractivity contribution in [2.75, 3.05) is 0 Å². The third-order valence-electron chi connectivity index (χ3n) is 2.06. The van der Waals surface area contributed by atoms with Crippen LogP contribution in [0, 0.1) is 11.8 Å². The van der Waals surface area contributed by atoms with E-state index in [4.69, 9.17) is 11.6 Å². The van der Waals surface area contributed by atoms with Gasteiger partial charge in [0, 0.05) is 0 Å². The lowest BCUT2D eigenvalue weighted by Gasteiger charge is -2.18. The van der Waals surface area contributed by atoms with Crippen molar-refractivity contribution >= 4 is 11.6 Å². The van der Waals surface area contributed by atoms with Crippen LogP contribution in [0.15, 0.2) is 10.2 Å². The molecule has 0 heterocycles. The molecule has 0 aromatic carbocycles. The average Bonchev–Trinajstić information content (AvgIpc) is 1.97. The molecule has 90 valence electrons. The Morgan fingerprint density at radius 2 is 1.60 bits per heavy atom. The summed E-state index contributed by atoms with van der Waals surface area (Å²) in [5.74, 6) is 1.21. The fraction of sp³-hybridized carbons (Fsp3) is 1.00. The minimum Gasteiger partial charge on any atom is -0.189 e. The number of hydrogen-bond acceptors (Lipinski definition) is 2. The number of nitrogens with zero attached hydrogens (tertiary/aromatic N) is 2. The van der Waals surface area contributed by atoms with Gasteiger partial charge in [0.05, 0.1) is 6.04 Å². The summed E-state index contributed by atoms with van der Waals surface area (Å²) in [5, 5.41) is 8.52. The van der Waals surface area contributed by atoms with Crippen molar-refractivity contribution in [2.45, 2.75) is 65.4 Å². The average molecular weight is 233 g/mol. The summed E-state index contributed by atoms with van der Waals surface area (Å²) >= 11 is 6.25. The monoisotopic (exact) mass is 232 g/mol.